The van der Waals surface area contributed by atoms with Crippen LogP contribution in [0.3, 0.4) is 0 Å². The minimum absolute atomic E-state index is 0.0689. The summed E-state index contributed by atoms with van der Waals surface area (Å²) in [5.74, 6) is 0. The molecule has 47 nitrogen and oxygen atoms in total. The van der Waals surface area contributed by atoms with E-state index in [1.165, 1.54) is 105 Å². The van der Waals surface area contributed by atoms with Crippen LogP contribution in [0.2, 0.25) is 0 Å². The molecule has 26 rings (SSSR count). The Balaban J connectivity index is 0.662. The molecule has 113 heavy (non-hydrogen) atoms. The van der Waals surface area contributed by atoms with Gasteiger partial charge in [0, 0.05) is 7.05 Å². The zero-order valence-corrected chi connectivity index (χ0v) is 62.2. The number of nitrogens with zero attached hydrogens (tertiary/aromatic N) is 25. The number of fused-ring (bicyclic) bond motifs is 8. The first-order valence-electron chi connectivity index (χ1n) is 39.6. The summed E-state index contributed by atoms with van der Waals surface area (Å²) in [6.45, 7) is -3.36. The standard InChI is InChI=1S/C66H84N32O15/c1-52-6-8-55(52)70-23-78-39-4-5-54(39)84-30-92-49(111)91-33-94-51(113)98-34-95-46(108)80-21-68-41(103)85-31-90-48(110)88-29-77(38-101)61-14-11-58(61,69-22-74(3)42(104)79(55)20-67-40(84)102)89(27-75(52)36-99)45(107)82(61)25-72-56(88)9-10-57(56,90)71-24-81-44(106)86(53(2)7-13-60(53,81)85)32-93-50(112)97(65(95)18-16-63(65,80)93)35-96-47(109)83(64(94)17-19-66(64,96)98)26-73-59(91)12-15-62(59,92)76(37-100)28-87(54)43(78)105/h36-39,69-73H,4-35H2,1-3H3,(H,67,102)(H,68,103). The van der Waals surface area contributed by atoms with E-state index < -0.39 is 236 Å². The van der Waals surface area contributed by atoms with E-state index in [1.54, 1.807) is 31.4 Å². The first-order chi connectivity index (χ1) is 54.2. The molecule has 26 fully saturated rings. The molecule has 16 unspecified atom stereocenters. The van der Waals surface area contributed by atoms with Crippen molar-refractivity contribution >= 4 is 91.6 Å². The monoisotopic (exact) mass is 1560 g/mol. The van der Waals surface area contributed by atoms with Crippen LogP contribution in [0.25, 0.3) is 0 Å². The highest BCUT2D eigenvalue weighted by Crippen LogP contribution is 2.72. The fourth-order valence-corrected chi connectivity index (χ4v) is 29.1. The number of nitrogens with one attached hydrogen (secondary N) is 7. The summed E-state index contributed by atoms with van der Waals surface area (Å²) in [5, 5.41) is 24.5. The van der Waals surface area contributed by atoms with Crippen molar-refractivity contribution in [3.63, 3.8) is 0 Å². The Morgan fingerprint density at radius 1 is 0.274 bits per heavy atom. The molecule has 26 aliphatic rings. The van der Waals surface area contributed by atoms with E-state index in [9.17, 15) is 14.4 Å². The molecule has 18 saturated heterocycles. The second-order valence-corrected chi connectivity index (χ2v) is 36.5. The third-order valence-corrected chi connectivity index (χ3v) is 35.3. The summed E-state index contributed by atoms with van der Waals surface area (Å²) in [7, 11) is 1.53. The Morgan fingerprint density at radius 2 is 0.628 bits per heavy atom. The summed E-state index contributed by atoms with van der Waals surface area (Å²) in [5.41, 5.74) is -23.8. The summed E-state index contributed by atoms with van der Waals surface area (Å²) in [6, 6.07) is -8.78. The SMILES string of the molecule is CN1CNC23CCC24N(C=O)CN2C(=O)N5CN6C(=O)NCN7C(=O)N8CN9C(=O)N%10CN%11C(=O)N%12CN%13C(=O)NCN(C1=O)C1%14CCC1(C)N(C=O)CN3C(=O)N4CNC21CCC51NCN1C(=O)N(CN2C(=O)N(CN3C(=O)N(CNC%114CCC%124N(C=O)CN4C(=O)N(CN%14)C5CCC5%134)C%104CCC394)C83CCC723)C2(C)CCC612. The molecule has 0 aromatic heterocycles. The number of urea groups is 12. The lowest BCUT2D eigenvalue weighted by Gasteiger charge is -2.67. The lowest BCUT2D eigenvalue weighted by atomic mass is 9.64. The van der Waals surface area contributed by atoms with Crippen LogP contribution in [0.15, 0.2) is 0 Å². The molecule has 17 bridgehead atoms. The van der Waals surface area contributed by atoms with Crippen LogP contribution in [0.5, 0.6) is 0 Å². The zero-order valence-electron chi connectivity index (χ0n) is 62.2. The Bertz CT molecular complexity index is 4810. The van der Waals surface area contributed by atoms with Gasteiger partial charge in [0.05, 0.1) is 70.5 Å². The highest BCUT2D eigenvalue weighted by Gasteiger charge is 2.93. The molecule has 47 heteroatoms. The third-order valence-electron chi connectivity index (χ3n) is 35.3. The molecule has 0 aromatic carbocycles. The number of carbonyl (C=O) groups excluding carboxylic acids is 15. The lowest BCUT2D eigenvalue weighted by Crippen LogP contribution is -2.89. The summed E-state index contributed by atoms with van der Waals surface area (Å²) in [6.07, 6.45) is 4.62. The Kier molecular flexibility index (Phi) is 10.6. The molecule has 598 valence electrons. The summed E-state index contributed by atoms with van der Waals surface area (Å²) in [4.78, 5) is 278. The first kappa shape index (κ1) is 64.9. The van der Waals surface area contributed by atoms with Gasteiger partial charge in [0.25, 0.3) is 0 Å². The molecule has 8 saturated carbocycles. The first-order valence-corrected chi connectivity index (χ1v) is 39.6. The van der Waals surface area contributed by atoms with Crippen LogP contribution in [-0.4, -0.2) is 419 Å². The number of amides is 27. The van der Waals surface area contributed by atoms with E-state index in [1.807, 2.05) is 6.92 Å². The second kappa shape index (κ2) is 18.5. The Hall–Kier alpha value is -10.5. The van der Waals surface area contributed by atoms with Crippen LogP contribution in [0.1, 0.15) is 117 Å². The van der Waals surface area contributed by atoms with Gasteiger partial charge in [-0.2, -0.15) is 0 Å². The Labute approximate surface area is 642 Å². The number of hydrogen-bond donors (Lipinski definition) is 7. The van der Waals surface area contributed by atoms with Gasteiger partial charge in [-0.25, -0.2) is 57.5 Å². The largest absolute Gasteiger partial charge is 0.326 e. The van der Waals surface area contributed by atoms with Crippen molar-refractivity contribution in [2.45, 2.75) is 207 Å². The van der Waals surface area contributed by atoms with Crippen molar-refractivity contribution < 1.29 is 71.9 Å². The molecule has 8 aliphatic carbocycles. The minimum Gasteiger partial charge on any atom is -0.320 e. The van der Waals surface area contributed by atoms with Gasteiger partial charge >= 0.3 is 72.4 Å². The maximum atomic E-state index is 16.6. The highest BCUT2D eigenvalue weighted by atomic mass is 16.3. The van der Waals surface area contributed by atoms with Crippen molar-refractivity contribution in [1.82, 2.24) is 160 Å². The van der Waals surface area contributed by atoms with Crippen molar-refractivity contribution in [3.8, 4) is 0 Å². The maximum Gasteiger partial charge on any atom is 0.326 e. The lowest BCUT2D eigenvalue weighted by molar-refractivity contribution is -0.235. The van der Waals surface area contributed by atoms with Gasteiger partial charge in [0.1, 0.15) is 93.0 Å². The Morgan fingerprint density at radius 3 is 1.15 bits per heavy atom. The number of hydrogen-bond acceptors (Lipinski definition) is 20. The van der Waals surface area contributed by atoms with E-state index >= 15 is 57.5 Å². The topological polar surface area (TPSA) is 421 Å². The molecule has 7 N–H and O–H groups in total. The van der Waals surface area contributed by atoms with E-state index in [-0.39, 0.29) is 123 Å². The average Bonchev–Trinajstić information content (AvgIpc) is 1.44. The zero-order chi connectivity index (χ0) is 77.1. The fraction of sp³-hybridized carbons (Fsp3) is 0.773. The van der Waals surface area contributed by atoms with E-state index in [2.05, 4.69) is 37.2 Å². The normalized spacial score (nSPS) is 46.9. The van der Waals surface area contributed by atoms with Crippen LogP contribution in [0.4, 0.5) is 57.5 Å². The van der Waals surface area contributed by atoms with Crippen LogP contribution in [-0.2, 0) is 14.4 Å². The molecule has 0 aromatic rings. The van der Waals surface area contributed by atoms with E-state index in [0.29, 0.717) is 32.1 Å². The van der Waals surface area contributed by atoms with Gasteiger partial charge < -0.3 is 35.1 Å². The molecular formula is C66H84N32O15. The van der Waals surface area contributed by atoms with Gasteiger partial charge in [-0.3, -0.25) is 139 Å². The van der Waals surface area contributed by atoms with Crippen molar-refractivity contribution in [2.24, 2.45) is 0 Å². The van der Waals surface area contributed by atoms with Crippen LogP contribution in [0, 0.1) is 0 Å². The van der Waals surface area contributed by atoms with Gasteiger partial charge in [-0.05, 0) is 117 Å². The molecule has 13 spiro atoms. The number of carbonyl (C=O) groups is 15. The van der Waals surface area contributed by atoms with Crippen molar-refractivity contribution in [1.29, 1.82) is 0 Å². The van der Waals surface area contributed by atoms with E-state index in [4.69, 9.17) is 0 Å². The summed E-state index contributed by atoms with van der Waals surface area (Å²) < 4.78 is 0. The van der Waals surface area contributed by atoms with Crippen LogP contribution < -0.4 is 37.2 Å². The minimum atomic E-state index is -1.76. The fourth-order valence-electron chi connectivity index (χ4n) is 29.1. The van der Waals surface area contributed by atoms with E-state index in [0.717, 1.165) is 0 Å². The second-order valence-electron chi connectivity index (χ2n) is 36.5. The average molecular weight is 1570 g/mol. The van der Waals surface area contributed by atoms with Crippen LogP contribution >= 0.6 is 0 Å². The highest BCUT2D eigenvalue weighted by molar-refractivity contribution is 5.96. The van der Waals surface area contributed by atoms with Crippen molar-refractivity contribution in [2.75, 3.05) is 114 Å². The molecule has 18 aliphatic heterocycles. The van der Waals surface area contributed by atoms with Gasteiger partial charge in [0.15, 0.2) is 34.0 Å². The number of rotatable bonds is 3. The van der Waals surface area contributed by atoms with Crippen molar-refractivity contribution in [3.05, 3.63) is 0 Å². The van der Waals surface area contributed by atoms with Gasteiger partial charge in [-0.15, -0.1) is 0 Å². The van der Waals surface area contributed by atoms with Gasteiger partial charge in [-0.1, -0.05) is 0 Å². The predicted molar refractivity (Wildman–Crippen MR) is 365 cm³/mol. The molecule has 0 radical (unpaired) electrons. The third kappa shape index (κ3) is 5.54. The molecule has 18 heterocycles. The summed E-state index contributed by atoms with van der Waals surface area (Å²) >= 11 is 0. The molecule has 16 atom stereocenters. The molecule has 27 amide bonds. The maximum absolute atomic E-state index is 16.6. The van der Waals surface area contributed by atoms with Gasteiger partial charge in [0.2, 0.25) is 19.2 Å². The smallest absolute Gasteiger partial charge is 0.320 e. The quantitative estimate of drug-likeness (QED) is 0.130. The predicted octanol–water partition coefficient (Wildman–Crippen LogP) is -4.94. The molecular weight excluding hydrogens is 1480 g/mol.